The first kappa shape index (κ1) is 39.5. The van der Waals surface area contributed by atoms with E-state index in [1.807, 2.05) is 19.0 Å². The van der Waals surface area contributed by atoms with E-state index >= 15 is 0 Å². The normalized spacial score (nSPS) is 14.0. The van der Waals surface area contributed by atoms with Gasteiger partial charge in [0, 0.05) is 26.2 Å². The van der Waals surface area contributed by atoms with Crippen LogP contribution in [-0.4, -0.2) is 80.6 Å². The fraction of sp³-hybridized carbons (Fsp3) is 0.967. The monoisotopic (exact) mass is 595 g/mol. The number of carboxylic acid groups (broad SMARTS) is 1. The van der Waals surface area contributed by atoms with E-state index in [-0.39, 0.29) is 26.2 Å². The maximum Gasteiger partial charge on any atom is 0.472 e. The van der Waals surface area contributed by atoms with Gasteiger partial charge >= 0.3 is 13.8 Å². The van der Waals surface area contributed by atoms with Gasteiger partial charge in [-0.2, -0.15) is 0 Å². The molecule has 0 saturated carbocycles. The Labute approximate surface area is 245 Å². The molecule has 2 atom stereocenters. The molecule has 40 heavy (non-hydrogen) atoms. The molecule has 0 saturated heterocycles. The van der Waals surface area contributed by atoms with Gasteiger partial charge in [0.2, 0.25) is 0 Å². The van der Waals surface area contributed by atoms with Crippen molar-refractivity contribution in [3.8, 4) is 0 Å². The number of rotatable bonds is 32. The quantitative estimate of drug-likeness (QED) is 0.0599. The molecule has 9 nitrogen and oxygen atoms in total. The van der Waals surface area contributed by atoms with Gasteiger partial charge in [-0.25, -0.2) is 4.57 Å². The highest BCUT2D eigenvalue weighted by atomic mass is 31.2. The molecule has 0 aliphatic heterocycles. The first-order chi connectivity index (χ1) is 19.3. The Bertz CT molecular complexity index is 608. The summed E-state index contributed by atoms with van der Waals surface area (Å²) in [6, 6.07) is 0. The molecule has 0 heterocycles. The molecule has 0 rings (SSSR count). The molecule has 0 fully saturated rings. The van der Waals surface area contributed by atoms with Gasteiger partial charge in [0.25, 0.3) is 0 Å². The van der Waals surface area contributed by atoms with Gasteiger partial charge in [-0.1, -0.05) is 103 Å². The number of aliphatic carboxylic acids is 1. The first-order valence-corrected chi connectivity index (χ1v) is 17.4. The molecule has 2 N–H and O–H groups in total. The highest BCUT2D eigenvalue weighted by Gasteiger charge is 2.27. The van der Waals surface area contributed by atoms with Crippen LogP contribution in [-0.2, 0) is 27.9 Å². The zero-order valence-corrected chi connectivity index (χ0v) is 26.9. The van der Waals surface area contributed by atoms with Crippen molar-refractivity contribution in [2.24, 2.45) is 0 Å². The summed E-state index contributed by atoms with van der Waals surface area (Å²) < 4.78 is 34.3. The summed E-state index contributed by atoms with van der Waals surface area (Å²) in [4.78, 5) is 22.5. The van der Waals surface area contributed by atoms with E-state index in [0.29, 0.717) is 26.2 Å². The summed E-state index contributed by atoms with van der Waals surface area (Å²) in [5, 5.41) is 8.69. The van der Waals surface area contributed by atoms with Crippen LogP contribution in [0.4, 0.5) is 0 Å². The van der Waals surface area contributed by atoms with Crippen LogP contribution in [0.25, 0.3) is 0 Å². The van der Waals surface area contributed by atoms with Crippen molar-refractivity contribution in [3.63, 3.8) is 0 Å². The number of carbonyl (C=O) groups is 1. The van der Waals surface area contributed by atoms with Gasteiger partial charge in [0.15, 0.2) is 0 Å². The molecule has 0 radical (unpaired) electrons. The number of phosphoric acid groups is 1. The number of hydrogen-bond acceptors (Lipinski definition) is 7. The van der Waals surface area contributed by atoms with Crippen LogP contribution >= 0.6 is 7.82 Å². The number of unbranched alkanes of at least 4 members (excludes halogenated alkanes) is 16. The third kappa shape index (κ3) is 30.4. The van der Waals surface area contributed by atoms with Crippen molar-refractivity contribution in [2.75, 3.05) is 53.7 Å². The summed E-state index contributed by atoms with van der Waals surface area (Å²) in [7, 11) is -0.504. The lowest BCUT2D eigenvalue weighted by Gasteiger charge is -2.21. The van der Waals surface area contributed by atoms with E-state index in [2.05, 4.69) is 6.92 Å². The predicted molar refractivity (Wildman–Crippen MR) is 162 cm³/mol. The van der Waals surface area contributed by atoms with Gasteiger partial charge in [-0.3, -0.25) is 13.8 Å². The van der Waals surface area contributed by atoms with Crippen molar-refractivity contribution in [2.45, 2.75) is 135 Å². The summed E-state index contributed by atoms with van der Waals surface area (Å²) in [5.41, 5.74) is 0. The maximum absolute atomic E-state index is 12.4. The fourth-order valence-electron chi connectivity index (χ4n) is 4.33. The minimum Gasteiger partial charge on any atom is -0.481 e. The van der Waals surface area contributed by atoms with E-state index in [9.17, 15) is 14.3 Å². The smallest absolute Gasteiger partial charge is 0.472 e. The standard InChI is InChI=1S/C30H62NO8P/c1-4-5-6-7-8-9-10-11-12-13-14-15-17-20-24-36-27-29(39-40(34,35)38-26-23-31(2)3)28-37-25-21-18-16-19-22-30(32)33/h29H,4-28H2,1-3H3,(H,32,33)(H,34,35). The zero-order valence-electron chi connectivity index (χ0n) is 26.0. The lowest BCUT2D eigenvalue weighted by atomic mass is 10.0. The molecule has 0 aromatic carbocycles. The lowest BCUT2D eigenvalue weighted by molar-refractivity contribution is -0.137. The summed E-state index contributed by atoms with van der Waals surface area (Å²) in [5.74, 6) is -0.772. The van der Waals surface area contributed by atoms with Crippen LogP contribution in [0.15, 0.2) is 0 Å². The van der Waals surface area contributed by atoms with Crippen molar-refractivity contribution in [1.82, 2.24) is 4.90 Å². The van der Waals surface area contributed by atoms with Gasteiger partial charge < -0.3 is 24.4 Å². The van der Waals surface area contributed by atoms with E-state index in [1.54, 1.807) is 0 Å². The molecule has 0 amide bonds. The predicted octanol–water partition coefficient (Wildman–Crippen LogP) is 7.60. The van der Waals surface area contributed by atoms with E-state index in [1.165, 1.54) is 77.0 Å². The van der Waals surface area contributed by atoms with Crippen molar-refractivity contribution < 1.29 is 37.9 Å². The van der Waals surface area contributed by atoms with Crippen LogP contribution in [0.3, 0.4) is 0 Å². The Morgan fingerprint density at radius 2 is 1.12 bits per heavy atom. The lowest BCUT2D eigenvalue weighted by Crippen LogP contribution is -2.26. The van der Waals surface area contributed by atoms with Crippen LogP contribution in [0.2, 0.25) is 0 Å². The van der Waals surface area contributed by atoms with E-state index in [0.717, 1.165) is 32.1 Å². The fourth-order valence-corrected chi connectivity index (χ4v) is 5.20. The number of hydrogen-bond donors (Lipinski definition) is 2. The van der Waals surface area contributed by atoms with E-state index < -0.39 is 19.9 Å². The molecule has 0 aliphatic carbocycles. The zero-order chi connectivity index (χ0) is 29.7. The van der Waals surface area contributed by atoms with E-state index in [4.69, 9.17) is 23.6 Å². The Morgan fingerprint density at radius 1 is 0.700 bits per heavy atom. The van der Waals surface area contributed by atoms with Gasteiger partial charge in [0.05, 0.1) is 19.8 Å². The SMILES string of the molecule is CCCCCCCCCCCCCCCCOCC(COCCCCCCC(=O)O)OP(=O)(O)OCCN(C)C. The second kappa shape index (κ2) is 28.6. The molecule has 0 bridgehead atoms. The minimum absolute atomic E-state index is 0.0879. The first-order valence-electron chi connectivity index (χ1n) is 15.9. The van der Waals surface area contributed by atoms with Gasteiger partial charge in [0.1, 0.15) is 6.10 Å². The molecule has 240 valence electrons. The highest BCUT2D eigenvalue weighted by Crippen LogP contribution is 2.44. The second-order valence-corrected chi connectivity index (χ2v) is 12.5. The largest absolute Gasteiger partial charge is 0.481 e. The Morgan fingerprint density at radius 3 is 1.55 bits per heavy atom. The molecule has 2 unspecified atom stereocenters. The second-order valence-electron chi connectivity index (χ2n) is 11.1. The van der Waals surface area contributed by atoms with Crippen LogP contribution < -0.4 is 0 Å². The molecule has 10 heteroatoms. The average Bonchev–Trinajstić information content (AvgIpc) is 2.89. The van der Waals surface area contributed by atoms with Crippen molar-refractivity contribution in [1.29, 1.82) is 0 Å². The molecule has 0 aromatic heterocycles. The third-order valence-electron chi connectivity index (χ3n) is 6.75. The Balaban J connectivity index is 4.02. The number of phosphoric ester groups is 1. The van der Waals surface area contributed by atoms with Gasteiger partial charge in [-0.05, 0) is 33.4 Å². The number of carboxylic acids is 1. The number of ether oxygens (including phenoxy) is 2. The molecule has 0 spiro atoms. The van der Waals surface area contributed by atoms with Crippen LogP contribution in [0.5, 0.6) is 0 Å². The van der Waals surface area contributed by atoms with Crippen LogP contribution in [0, 0.1) is 0 Å². The maximum atomic E-state index is 12.4. The summed E-state index contributed by atoms with van der Waals surface area (Å²) in [6.07, 6.45) is 20.9. The van der Waals surface area contributed by atoms with Gasteiger partial charge in [-0.15, -0.1) is 0 Å². The molecule has 0 aliphatic rings. The molecular formula is C30H62NO8P. The molecular weight excluding hydrogens is 533 g/mol. The van der Waals surface area contributed by atoms with Crippen LogP contribution in [0.1, 0.15) is 129 Å². The van der Waals surface area contributed by atoms with Crippen molar-refractivity contribution in [3.05, 3.63) is 0 Å². The summed E-state index contributed by atoms with van der Waals surface area (Å²) in [6.45, 7) is 4.21. The highest BCUT2D eigenvalue weighted by molar-refractivity contribution is 7.47. The third-order valence-corrected chi connectivity index (χ3v) is 7.83. The Kier molecular flexibility index (Phi) is 28.2. The molecule has 0 aromatic rings. The number of likely N-dealkylation sites (N-methyl/N-ethyl adjacent to an activating group) is 1. The topological polar surface area (TPSA) is 115 Å². The van der Waals surface area contributed by atoms with Crippen molar-refractivity contribution >= 4 is 13.8 Å². The minimum atomic E-state index is -4.22. The summed E-state index contributed by atoms with van der Waals surface area (Å²) >= 11 is 0. The number of nitrogens with zero attached hydrogens (tertiary/aromatic N) is 1. The average molecular weight is 596 g/mol. The Hall–Kier alpha value is -0.540.